The lowest BCUT2D eigenvalue weighted by atomic mass is 9.97. The third-order valence-corrected chi connectivity index (χ3v) is 5.66. The van der Waals surface area contributed by atoms with E-state index in [2.05, 4.69) is 15.2 Å². The minimum absolute atomic E-state index is 0.120. The van der Waals surface area contributed by atoms with Crippen LogP contribution in [0.25, 0.3) is 10.4 Å². The average molecular weight is 331 g/mol. The van der Waals surface area contributed by atoms with Crippen LogP contribution in [0.5, 0.6) is 0 Å². The zero-order valence-electron chi connectivity index (χ0n) is 12.7. The molecule has 2 aliphatic rings. The van der Waals surface area contributed by atoms with Gasteiger partial charge in [-0.25, -0.2) is 9.37 Å². The molecule has 2 saturated heterocycles. The Kier molecular flexibility index (Phi) is 3.87. The fourth-order valence-electron chi connectivity index (χ4n) is 3.57. The molecule has 2 aromatic rings. The van der Waals surface area contributed by atoms with Gasteiger partial charge in [-0.05, 0) is 43.0 Å². The van der Waals surface area contributed by atoms with Gasteiger partial charge in [0.1, 0.15) is 5.82 Å². The lowest BCUT2D eigenvalue weighted by molar-refractivity contribution is 0.0909. The zero-order valence-corrected chi connectivity index (χ0v) is 13.5. The Morgan fingerprint density at radius 2 is 2.30 bits per heavy atom. The van der Waals surface area contributed by atoms with E-state index in [-0.39, 0.29) is 17.8 Å². The summed E-state index contributed by atoms with van der Waals surface area (Å²) in [5.74, 6) is 0.312. The number of hydrogen-bond donors (Lipinski definition) is 1. The summed E-state index contributed by atoms with van der Waals surface area (Å²) < 4.78 is 13.3. The van der Waals surface area contributed by atoms with Gasteiger partial charge in [0, 0.05) is 25.3 Å². The van der Waals surface area contributed by atoms with Gasteiger partial charge in [0.2, 0.25) is 0 Å². The minimum atomic E-state index is -0.284. The van der Waals surface area contributed by atoms with Crippen LogP contribution in [-0.2, 0) is 0 Å². The average Bonchev–Trinajstić information content (AvgIpc) is 3.14. The number of nitrogens with zero attached hydrogens (tertiary/aromatic N) is 2. The number of thiazole rings is 1. The summed E-state index contributed by atoms with van der Waals surface area (Å²) in [6.45, 7) is 3.26. The zero-order chi connectivity index (χ0) is 15.8. The van der Waals surface area contributed by atoms with Crippen molar-refractivity contribution in [2.75, 3.05) is 19.6 Å². The molecule has 0 aliphatic carbocycles. The van der Waals surface area contributed by atoms with E-state index in [1.54, 1.807) is 12.3 Å². The molecule has 1 aromatic carbocycles. The van der Waals surface area contributed by atoms with Crippen LogP contribution in [0, 0.1) is 11.7 Å². The van der Waals surface area contributed by atoms with Gasteiger partial charge in [-0.2, -0.15) is 0 Å². The Morgan fingerprint density at radius 1 is 1.39 bits per heavy atom. The van der Waals surface area contributed by atoms with Crippen molar-refractivity contribution in [1.29, 1.82) is 0 Å². The van der Waals surface area contributed by atoms with E-state index in [4.69, 9.17) is 0 Å². The Hall–Kier alpha value is -1.79. The van der Waals surface area contributed by atoms with Gasteiger partial charge in [-0.3, -0.25) is 4.79 Å². The van der Waals surface area contributed by atoms with Crippen molar-refractivity contribution >= 4 is 17.2 Å². The number of benzene rings is 1. The first-order valence-electron chi connectivity index (χ1n) is 7.92. The summed E-state index contributed by atoms with van der Waals surface area (Å²) in [6.07, 6.45) is 3.94. The van der Waals surface area contributed by atoms with Crippen LogP contribution in [0.1, 0.15) is 22.6 Å². The normalized spacial score (nSPS) is 26.2. The van der Waals surface area contributed by atoms with Gasteiger partial charge in [0.15, 0.2) is 5.01 Å². The second kappa shape index (κ2) is 6.02. The standard InChI is InChI=1S/C17H18FN3OS/c18-13-3-1-2-12(7-13)15-8-19-17(23-15)16(22)20-14-6-11-4-5-21(9-11)10-14/h1-3,7-8,11,14H,4-6,9-10H2,(H,20,22)/t11-,14-/m1/s1. The number of piperidine rings is 1. The highest BCUT2D eigenvalue weighted by atomic mass is 32.1. The molecule has 1 amide bonds. The highest BCUT2D eigenvalue weighted by Gasteiger charge is 2.33. The fourth-order valence-corrected chi connectivity index (χ4v) is 4.38. The van der Waals surface area contributed by atoms with Crippen LogP contribution in [0.3, 0.4) is 0 Å². The molecule has 6 heteroatoms. The molecule has 4 nitrogen and oxygen atoms in total. The molecule has 1 unspecified atom stereocenters. The van der Waals surface area contributed by atoms with Crippen molar-refractivity contribution in [2.45, 2.75) is 18.9 Å². The monoisotopic (exact) mass is 331 g/mol. The van der Waals surface area contributed by atoms with Crippen molar-refractivity contribution in [3.63, 3.8) is 0 Å². The maximum absolute atomic E-state index is 13.3. The highest BCUT2D eigenvalue weighted by Crippen LogP contribution is 2.28. The predicted molar refractivity (Wildman–Crippen MR) is 87.9 cm³/mol. The summed E-state index contributed by atoms with van der Waals surface area (Å²) in [7, 11) is 0. The first-order chi connectivity index (χ1) is 11.2. The van der Waals surface area contributed by atoms with Crippen LogP contribution < -0.4 is 5.32 Å². The molecular formula is C17H18FN3OS. The van der Waals surface area contributed by atoms with Crippen molar-refractivity contribution < 1.29 is 9.18 Å². The minimum Gasteiger partial charge on any atom is -0.346 e. The molecule has 2 bridgehead atoms. The Balaban J connectivity index is 1.45. The number of fused-ring (bicyclic) bond motifs is 2. The van der Waals surface area contributed by atoms with Crippen molar-refractivity contribution in [3.05, 3.63) is 41.3 Å². The number of halogens is 1. The third-order valence-electron chi connectivity index (χ3n) is 4.61. The summed E-state index contributed by atoms with van der Waals surface area (Å²) in [6, 6.07) is 6.57. The van der Waals surface area contributed by atoms with Crippen LogP contribution in [0.2, 0.25) is 0 Å². The quantitative estimate of drug-likeness (QED) is 0.941. The van der Waals surface area contributed by atoms with Gasteiger partial charge in [0.25, 0.3) is 5.91 Å². The highest BCUT2D eigenvalue weighted by molar-refractivity contribution is 7.16. The maximum Gasteiger partial charge on any atom is 0.280 e. The lowest BCUT2D eigenvalue weighted by Crippen LogP contribution is -2.46. The van der Waals surface area contributed by atoms with E-state index in [9.17, 15) is 9.18 Å². The molecule has 0 saturated carbocycles. The molecule has 1 aromatic heterocycles. The molecule has 1 N–H and O–H groups in total. The first-order valence-corrected chi connectivity index (χ1v) is 8.74. The smallest absolute Gasteiger partial charge is 0.280 e. The second-order valence-electron chi connectivity index (χ2n) is 6.36. The van der Waals surface area contributed by atoms with Crippen molar-refractivity contribution in [1.82, 2.24) is 15.2 Å². The summed E-state index contributed by atoms with van der Waals surface area (Å²) in [4.78, 5) is 19.8. The summed E-state index contributed by atoms with van der Waals surface area (Å²) in [5.41, 5.74) is 0.753. The molecule has 2 aliphatic heterocycles. The Labute approximate surface area is 138 Å². The van der Waals surface area contributed by atoms with Gasteiger partial charge < -0.3 is 10.2 Å². The largest absolute Gasteiger partial charge is 0.346 e. The van der Waals surface area contributed by atoms with E-state index in [1.165, 1.54) is 36.4 Å². The Morgan fingerprint density at radius 3 is 3.13 bits per heavy atom. The van der Waals surface area contributed by atoms with Crippen molar-refractivity contribution in [3.8, 4) is 10.4 Å². The number of hydrogen-bond acceptors (Lipinski definition) is 4. The second-order valence-corrected chi connectivity index (χ2v) is 7.39. The van der Waals surface area contributed by atoms with E-state index < -0.39 is 0 Å². The number of carbonyl (C=O) groups is 1. The van der Waals surface area contributed by atoms with Crippen LogP contribution in [0.4, 0.5) is 4.39 Å². The van der Waals surface area contributed by atoms with E-state index in [0.29, 0.717) is 10.9 Å². The van der Waals surface area contributed by atoms with E-state index in [1.807, 2.05) is 6.07 Å². The molecule has 3 atom stereocenters. The van der Waals surface area contributed by atoms with E-state index >= 15 is 0 Å². The number of nitrogens with one attached hydrogen (secondary N) is 1. The molecule has 0 spiro atoms. The van der Waals surface area contributed by atoms with Gasteiger partial charge in [0.05, 0.1) is 4.88 Å². The Bertz CT molecular complexity index is 720. The van der Waals surface area contributed by atoms with Crippen LogP contribution in [-0.4, -0.2) is 41.5 Å². The fraction of sp³-hybridized carbons (Fsp3) is 0.412. The molecular weight excluding hydrogens is 313 g/mol. The molecule has 3 heterocycles. The van der Waals surface area contributed by atoms with Gasteiger partial charge in [-0.1, -0.05) is 12.1 Å². The molecule has 120 valence electrons. The topological polar surface area (TPSA) is 45.2 Å². The molecule has 23 heavy (non-hydrogen) atoms. The SMILES string of the molecule is O=C(N[C@@H]1C[C@H]2CCN(C2)C1)c1ncc(-c2cccc(F)c2)s1. The molecule has 2 fully saturated rings. The predicted octanol–water partition coefficient (Wildman–Crippen LogP) is 2.77. The third kappa shape index (κ3) is 3.14. The number of carbonyl (C=O) groups excluding carboxylic acids is 1. The van der Waals surface area contributed by atoms with Crippen molar-refractivity contribution in [2.24, 2.45) is 5.92 Å². The maximum atomic E-state index is 13.3. The molecule has 0 radical (unpaired) electrons. The first kappa shape index (κ1) is 14.8. The van der Waals surface area contributed by atoms with E-state index in [0.717, 1.165) is 30.0 Å². The van der Waals surface area contributed by atoms with Crippen LogP contribution in [0.15, 0.2) is 30.5 Å². The summed E-state index contributed by atoms with van der Waals surface area (Å²) >= 11 is 1.31. The van der Waals surface area contributed by atoms with Gasteiger partial charge >= 0.3 is 0 Å². The van der Waals surface area contributed by atoms with Crippen LogP contribution >= 0.6 is 11.3 Å². The summed E-state index contributed by atoms with van der Waals surface area (Å²) in [5, 5.41) is 3.55. The number of aromatic nitrogens is 1. The molecule has 4 rings (SSSR count). The number of amides is 1. The lowest BCUT2D eigenvalue weighted by Gasteiger charge is -2.30. The number of rotatable bonds is 3. The van der Waals surface area contributed by atoms with Gasteiger partial charge in [-0.15, -0.1) is 11.3 Å².